The Bertz CT molecular complexity index is 517. The van der Waals surface area contributed by atoms with Gasteiger partial charge in [0, 0.05) is 31.7 Å². The normalized spacial score (nSPS) is 31.0. The summed E-state index contributed by atoms with van der Waals surface area (Å²) >= 11 is 0. The van der Waals surface area contributed by atoms with Crippen LogP contribution in [0, 0.1) is 16.7 Å². The van der Waals surface area contributed by atoms with Crippen molar-refractivity contribution in [3.63, 3.8) is 0 Å². The number of aliphatic hydroxyl groups is 2. The van der Waals surface area contributed by atoms with E-state index in [-0.39, 0.29) is 25.6 Å². The van der Waals surface area contributed by atoms with Gasteiger partial charge in [-0.05, 0) is 43.9 Å². The van der Waals surface area contributed by atoms with Gasteiger partial charge in [-0.1, -0.05) is 0 Å². The molecule has 2 heterocycles. The predicted molar refractivity (Wildman–Crippen MR) is 90.5 cm³/mol. The first kappa shape index (κ1) is 18.6. The van der Waals surface area contributed by atoms with Crippen molar-refractivity contribution >= 4 is 5.91 Å². The second-order valence-electron chi connectivity index (χ2n) is 7.98. The Morgan fingerprint density at radius 3 is 2.52 bits per heavy atom. The minimum atomic E-state index is -0.622. The van der Waals surface area contributed by atoms with E-state index in [1.54, 1.807) is 0 Å². The topological polar surface area (TPSA) is 106 Å². The summed E-state index contributed by atoms with van der Waals surface area (Å²) in [6.45, 7) is 1.97. The van der Waals surface area contributed by atoms with Crippen LogP contribution in [0.1, 0.15) is 44.9 Å². The summed E-state index contributed by atoms with van der Waals surface area (Å²) in [5.41, 5.74) is -0.0761. The van der Waals surface area contributed by atoms with Gasteiger partial charge in [0.25, 0.3) is 0 Å². The number of hydrogen-bond acceptors (Lipinski definition) is 6. The van der Waals surface area contributed by atoms with E-state index in [1.807, 2.05) is 0 Å². The number of hydrogen-bond donors (Lipinski definition) is 3. The van der Waals surface area contributed by atoms with Gasteiger partial charge in [-0.2, -0.15) is 5.26 Å². The van der Waals surface area contributed by atoms with Gasteiger partial charge in [-0.3, -0.25) is 4.79 Å². The van der Waals surface area contributed by atoms with Gasteiger partial charge in [0.15, 0.2) is 0 Å². The highest BCUT2D eigenvalue weighted by Gasteiger charge is 2.43. The number of likely N-dealkylation sites (tertiary alicyclic amines) is 1. The molecule has 3 N–H and O–H groups in total. The van der Waals surface area contributed by atoms with Crippen molar-refractivity contribution in [1.82, 2.24) is 10.2 Å². The van der Waals surface area contributed by atoms with Gasteiger partial charge in [-0.15, -0.1) is 0 Å². The molecule has 2 aliphatic heterocycles. The van der Waals surface area contributed by atoms with E-state index < -0.39 is 17.7 Å². The summed E-state index contributed by atoms with van der Waals surface area (Å²) in [7, 11) is 0. The fraction of sp³-hybridized carbons (Fsp3) is 0.889. The van der Waals surface area contributed by atoms with Crippen LogP contribution in [0.4, 0.5) is 0 Å². The molecule has 0 unspecified atom stereocenters. The van der Waals surface area contributed by atoms with Gasteiger partial charge < -0.3 is 25.2 Å². The van der Waals surface area contributed by atoms with Crippen molar-refractivity contribution < 1.29 is 19.7 Å². The standard InChI is InChI=1S/C18H29N3O4/c19-10-14-9-15(23)12-21(14)16(24)11-20-18(13-22)3-1-17(2-4-18)5-7-25-8-6-17/h14-15,20,22-23H,1-9,11-13H2/t14-,15-/m0/s1. The van der Waals surface area contributed by atoms with Gasteiger partial charge in [-0.25, -0.2) is 0 Å². The van der Waals surface area contributed by atoms with Crippen molar-refractivity contribution in [2.75, 3.05) is 32.9 Å². The molecule has 1 spiro atoms. The number of carbonyl (C=O) groups is 1. The number of nitriles is 1. The van der Waals surface area contributed by atoms with E-state index in [0.717, 1.165) is 51.7 Å². The van der Waals surface area contributed by atoms with Gasteiger partial charge in [0.1, 0.15) is 6.04 Å². The van der Waals surface area contributed by atoms with Crippen molar-refractivity contribution in [2.45, 2.75) is 62.6 Å². The number of amides is 1. The summed E-state index contributed by atoms with van der Waals surface area (Å²) in [4.78, 5) is 13.9. The summed E-state index contributed by atoms with van der Waals surface area (Å²) in [5, 5.41) is 32.0. The number of nitrogens with zero attached hydrogens (tertiary/aromatic N) is 2. The van der Waals surface area contributed by atoms with Gasteiger partial charge in [0.2, 0.25) is 5.91 Å². The summed E-state index contributed by atoms with van der Waals surface area (Å²) in [6, 6.07) is 1.53. The molecule has 0 aromatic heterocycles. The third kappa shape index (κ3) is 3.98. The van der Waals surface area contributed by atoms with E-state index >= 15 is 0 Å². The molecule has 7 heteroatoms. The van der Waals surface area contributed by atoms with Gasteiger partial charge >= 0.3 is 0 Å². The van der Waals surface area contributed by atoms with Crippen molar-refractivity contribution in [3.05, 3.63) is 0 Å². The molecule has 0 aromatic rings. The van der Waals surface area contributed by atoms with Crippen LogP contribution < -0.4 is 5.32 Å². The quantitative estimate of drug-likeness (QED) is 0.666. The molecule has 1 aliphatic carbocycles. The highest BCUT2D eigenvalue weighted by atomic mass is 16.5. The fourth-order valence-corrected chi connectivity index (χ4v) is 4.53. The molecule has 3 rings (SSSR count). The monoisotopic (exact) mass is 351 g/mol. The van der Waals surface area contributed by atoms with E-state index in [1.165, 1.54) is 4.90 Å². The fourth-order valence-electron chi connectivity index (χ4n) is 4.53. The lowest BCUT2D eigenvalue weighted by Crippen LogP contribution is -2.56. The van der Waals surface area contributed by atoms with Crippen LogP contribution in [0.2, 0.25) is 0 Å². The first-order valence-electron chi connectivity index (χ1n) is 9.32. The lowest BCUT2D eigenvalue weighted by Gasteiger charge is -2.48. The average Bonchev–Trinajstić information content (AvgIpc) is 3.03. The number of aliphatic hydroxyl groups excluding tert-OH is 2. The molecule has 0 aromatic carbocycles. The first-order chi connectivity index (χ1) is 12.0. The maximum atomic E-state index is 12.5. The maximum Gasteiger partial charge on any atom is 0.237 e. The Morgan fingerprint density at radius 2 is 1.92 bits per heavy atom. The lowest BCUT2D eigenvalue weighted by atomic mass is 9.64. The second kappa shape index (κ2) is 7.58. The van der Waals surface area contributed by atoms with Crippen LogP contribution in [0.5, 0.6) is 0 Å². The third-order valence-electron chi connectivity index (χ3n) is 6.49. The minimum Gasteiger partial charge on any atom is -0.394 e. The van der Waals surface area contributed by atoms with E-state index in [0.29, 0.717) is 11.8 Å². The second-order valence-corrected chi connectivity index (χ2v) is 7.98. The highest BCUT2D eigenvalue weighted by Crippen LogP contribution is 2.47. The minimum absolute atomic E-state index is 0.0111. The van der Waals surface area contributed by atoms with Gasteiger partial charge in [0.05, 0.1) is 25.3 Å². The molecule has 3 aliphatic rings. The van der Waals surface area contributed by atoms with Crippen LogP contribution in [0.3, 0.4) is 0 Å². The Morgan fingerprint density at radius 1 is 1.24 bits per heavy atom. The highest BCUT2D eigenvalue weighted by molar-refractivity contribution is 5.79. The smallest absolute Gasteiger partial charge is 0.237 e. The van der Waals surface area contributed by atoms with Crippen LogP contribution in [-0.4, -0.2) is 71.6 Å². The summed E-state index contributed by atoms with van der Waals surface area (Å²) in [5.74, 6) is -0.178. The number of carbonyl (C=O) groups excluding carboxylic acids is 1. The van der Waals surface area contributed by atoms with Crippen molar-refractivity contribution in [3.8, 4) is 6.07 Å². The number of ether oxygens (including phenoxy) is 1. The third-order valence-corrected chi connectivity index (χ3v) is 6.49. The van der Waals surface area contributed by atoms with Crippen LogP contribution >= 0.6 is 0 Å². The molecule has 0 radical (unpaired) electrons. The molecule has 140 valence electrons. The zero-order valence-electron chi connectivity index (χ0n) is 14.7. The number of rotatable bonds is 4. The maximum absolute atomic E-state index is 12.5. The van der Waals surface area contributed by atoms with E-state index in [4.69, 9.17) is 10.00 Å². The molecular weight excluding hydrogens is 322 g/mol. The SMILES string of the molecule is N#C[C@@H]1C[C@H](O)CN1C(=O)CNC1(CO)CCC2(CCOCC2)CC1. The zero-order valence-corrected chi connectivity index (χ0v) is 14.7. The molecule has 2 atom stereocenters. The molecule has 0 bridgehead atoms. The Hall–Kier alpha value is -1.20. The number of β-amino-alcohol motifs (C(OH)–C–C–N with tert-alkyl or cyclic N) is 1. The average molecular weight is 351 g/mol. The Balaban J connectivity index is 1.54. The zero-order chi connectivity index (χ0) is 17.9. The molecule has 25 heavy (non-hydrogen) atoms. The summed E-state index contributed by atoms with van der Waals surface area (Å²) < 4.78 is 5.48. The first-order valence-corrected chi connectivity index (χ1v) is 9.32. The largest absolute Gasteiger partial charge is 0.394 e. The summed E-state index contributed by atoms with van der Waals surface area (Å²) in [6.07, 6.45) is 5.65. The lowest BCUT2D eigenvalue weighted by molar-refractivity contribution is -0.131. The molecular formula is C18H29N3O4. The van der Waals surface area contributed by atoms with Crippen molar-refractivity contribution in [2.24, 2.45) is 5.41 Å². The Labute approximate surface area is 148 Å². The molecule has 1 saturated carbocycles. The Kier molecular flexibility index (Phi) is 5.64. The van der Waals surface area contributed by atoms with E-state index in [9.17, 15) is 15.0 Å². The van der Waals surface area contributed by atoms with Crippen LogP contribution in [0.25, 0.3) is 0 Å². The molecule has 2 saturated heterocycles. The molecule has 3 fully saturated rings. The van der Waals surface area contributed by atoms with Crippen LogP contribution in [-0.2, 0) is 9.53 Å². The number of nitrogens with one attached hydrogen (secondary N) is 1. The predicted octanol–water partition coefficient (Wildman–Crippen LogP) is 0.163. The molecule has 1 amide bonds. The molecule has 7 nitrogen and oxygen atoms in total. The van der Waals surface area contributed by atoms with Crippen LogP contribution in [0.15, 0.2) is 0 Å². The van der Waals surface area contributed by atoms with Crippen molar-refractivity contribution in [1.29, 1.82) is 5.26 Å². The van der Waals surface area contributed by atoms with E-state index in [2.05, 4.69) is 11.4 Å².